The molecule has 534 valence electrons. The molecule has 21 aromatic rings. The average Bonchev–Trinajstić information content (AvgIpc) is 1.48. The monoisotopic (exact) mass is 1470 g/mol. The van der Waals surface area contributed by atoms with Gasteiger partial charge in [0, 0.05) is 33.4 Å². The molecule has 0 fully saturated rings. The third kappa shape index (κ3) is 9.20. The van der Waals surface area contributed by atoms with E-state index in [1.807, 2.05) is 24.3 Å². The third-order valence-electron chi connectivity index (χ3n) is 25.8. The molecule has 2 spiro atoms. The highest BCUT2D eigenvalue weighted by Gasteiger charge is 2.55. The van der Waals surface area contributed by atoms with E-state index in [1.54, 1.807) is 0 Å². The minimum atomic E-state index is -0.637. The lowest BCUT2D eigenvalue weighted by Crippen LogP contribution is -2.26. The predicted octanol–water partition coefficient (Wildman–Crippen LogP) is 28.2. The van der Waals surface area contributed by atoms with Gasteiger partial charge in [-0.3, -0.25) is 0 Å². The molecule has 0 unspecified atom stereocenters. The first-order valence-corrected chi connectivity index (χ1v) is 40.1. The summed E-state index contributed by atoms with van der Waals surface area (Å²) in [7, 11) is 0. The first kappa shape index (κ1) is 64.6. The van der Waals surface area contributed by atoms with E-state index in [1.165, 1.54) is 148 Å². The molecular formula is C112H66N4. The molecule has 0 amide bonds. The van der Waals surface area contributed by atoms with E-state index in [2.05, 4.69) is 376 Å². The number of rotatable bonds is 8. The van der Waals surface area contributed by atoms with Gasteiger partial charge in [0.05, 0.1) is 33.6 Å². The summed E-state index contributed by atoms with van der Waals surface area (Å²) in [4.78, 5) is 21.4. The Hall–Kier alpha value is -15.1. The zero-order valence-corrected chi connectivity index (χ0v) is 62.9. The normalized spacial score (nSPS) is 13.3. The molecular weight excluding hydrogens is 1400 g/mol. The molecule has 2 aromatic heterocycles. The smallest absolute Gasteiger partial charge is 0.160 e. The molecule has 25 rings (SSSR count). The lowest BCUT2D eigenvalue weighted by Gasteiger charge is -2.32. The van der Waals surface area contributed by atoms with Gasteiger partial charge < -0.3 is 0 Å². The van der Waals surface area contributed by atoms with Gasteiger partial charge in [0.15, 0.2) is 11.6 Å². The summed E-state index contributed by atoms with van der Waals surface area (Å²) in [5.41, 5.74) is 33.7. The first-order chi connectivity index (χ1) is 57.5. The molecule has 4 nitrogen and oxygen atoms in total. The number of benzene rings is 19. The van der Waals surface area contributed by atoms with Crippen molar-refractivity contribution in [3.8, 4) is 135 Å². The van der Waals surface area contributed by atoms with Gasteiger partial charge in [-0.25, -0.2) is 19.9 Å². The minimum Gasteiger partial charge on any atom is -0.228 e. The van der Waals surface area contributed by atoms with Crippen LogP contribution in [0.25, 0.3) is 199 Å². The number of aromatic nitrogens is 4. The van der Waals surface area contributed by atoms with Crippen LogP contribution in [0.1, 0.15) is 44.5 Å². The zero-order chi connectivity index (χ0) is 75.9. The second-order valence-electron chi connectivity index (χ2n) is 31.7. The van der Waals surface area contributed by atoms with E-state index >= 15 is 0 Å². The van der Waals surface area contributed by atoms with Crippen LogP contribution in [0.5, 0.6) is 0 Å². The predicted molar refractivity (Wildman–Crippen MR) is 479 cm³/mol. The number of fused-ring (bicyclic) bond motifs is 32. The first-order valence-electron chi connectivity index (χ1n) is 40.1. The van der Waals surface area contributed by atoms with Crippen LogP contribution in [0.4, 0.5) is 0 Å². The van der Waals surface area contributed by atoms with E-state index in [0.717, 1.165) is 83.8 Å². The van der Waals surface area contributed by atoms with Crippen LogP contribution in [-0.4, -0.2) is 19.9 Å². The quantitative estimate of drug-likeness (QED) is 0.142. The van der Waals surface area contributed by atoms with Gasteiger partial charge in [0.2, 0.25) is 0 Å². The highest BCUT2D eigenvalue weighted by Crippen LogP contribution is 2.68. The molecule has 2 heterocycles. The van der Waals surface area contributed by atoms with Gasteiger partial charge >= 0.3 is 0 Å². The SMILES string of the molecule is c1ccc(-c2cc(-c3ccc(-c4ccc5cc6c(cc5c4)C4(c5ccccc5-c5ccccc54)c4c-6c5ccccc5c5cc(-c6cccc(-c7cc(-c8ccccc8)nc(-c8ccc9cc%10c(cc9c8)C8(c9ccccc9-c9ccccc98)c8c-%10c9ccccc9c9ccccc89)n7)c6)ccc45)cc3)nc(-c3ccccc3)n2)cc1. The molecule has 0 bridgehead atoms. The number of hydrogen-bond acceptors (Lipinski definition) is 4. The maximum Gasteiger partial charge on any atom is 0.160 e. The van der Waals surface area contributed by atoms with Crippen molar-refractivity contribution >= 4 is 64.6 Å². The fourth-order valence-electron chi connectivity index (χ4n) is 20.9. The Bertz CT molecular complexity index is 7670. The summed E-state index contributed by atoms with van der Waals surface area (Å²) in [6.07, 6.45) is 0. The highest BCUT2D eigenvalue weighted by atomic mass is 14.9. The summed E-state index contributed by atoms with van der Waals surface area (Å²) in [5, 5.41) is 14.8. The van der Waals surface area contributed by atoms with Crippen LogP contribution in [0.3, 0.4) is 0 Å². The van der Waals surface area contributed by atoms with Crippen LogP contribution in [0.2, 0.25) is 0 Å². The lowest BCUT2D eigenvalue weighted by molar-refractivity contribution is 0.803. The van der Waals surface area contributed by atoms with Crippen molar-refractivity contribution in [3.63, 3.8) is 0 Å². The molecule has 4 heteroatoms. The summed E-state index contributed by atoms with van der Waals surface area (Å²) in [5.74, 6) is 1.38. The average molecular weight is 1470 g/mol. The molecule has 0 atom stereocenters. The molecule has 116 heavy (non-hydrogen) atoms. The van der Waals surface area contributed by atoms with Crippen molar-refractivity contribution in [2.75, 3.05) is 0 Å². The standard InChI is InChI=1S/C112H66N4/c1-4-25-68(26-5-1)101-65-103(114-109(113-101)71-29-8-3-9-30-71)70-49-47-67(48-50-70)73-51-52-75-61-94-99(63-79(75)58-73)112(97-45-22-18-38-86(97)87-39-19-23-46-98(87)112)108-91-56-55-74(60-92(91)83-35-11-14-41-89(83)106(94)108)72-31-24-32-77(57-72)104-66-102(69-27-6-2-7-28-69)115-110(116-104)78-54-53-76-62-93-100(64-80(76)59-78)111(95-43-20-16-36-84(95)85-37-17-21-44-96(85)111)107-90-42-15-12-34-82(90)81-33-10-13-40-88(81)105(93)107/h1-66H. The summed E-state index contributed by atoms with van der Waals surface area (Å²) in [6, 6.07) is 149. The van der Waals surface area contributed by atoms with Crippen LogP contribution in [0, 0.1) is 0 Å². The summed E-state index contributed by atoms with van der Waals surface area (Å²) in [6.45, 7) is 0. The van der Waals surface area contributed by atoms with E-state index in [0.29, 0.717) is 11.6 Å². The van der Waals surface area contributed by atoms with Gasteiger partial charge in [0.1, 0.15) is 0 Å². The Morgan fingerprint density at radius 1 is 0.155 bits per heavy atom. The van der Waals surface area contributed by atoms with E-state index in [-0.39, 0.29) is 0 Å². The van der Waals surface area contributed by atoms with Crippen LogP contribution in [-0.2, 0) is 10.8 Å². The number of hydrogen-bond donors (Lipinski definition) is 0. The Balaban J connectivity index is 0.619. The molecule has 0 radical (unpaired) electrons. The fourth-order valence-corrected chi connectivity index (χ4v) is 20.9. The molecule has 4 aliphatic carbocycles. The Kier molecular flexibility index (Phi) is 13.7. The molecule has 0 saturated carbocycles. The van der Waals surface area contributed by atoms with Crippen LogP contribution in [0.15, 0.2) is 400 Å². The van der Waals surface area contributed by atoms with Crippen LogP contribution >= 0.6 is 0 Å². The van der Waals surface area contributed by atoms with Crippen molar-refractivity contribution < 1.29 is 0 Å². The van der Waals surface area contributed by atoms with E-state index in [4.69, 9.17) is 19.9 Å². The third-order valence-corrected chi connectivity index (χ3v) is 25.8. The second kappa shape index (κ2) is 24.7. The Morgan fingerprint density at radius 2 is 0.483 bits per heavy atom. The van der Waals surface area contributed by atoms with E-state index in [9.17, 15) is 0 Å². The maximum atomic E-state index is 5.63. The van der Waals surface area contributed by atoms with Crippen molar-refractivity contribution in [1.29, 1.82) is 0 Å². The fraction of sp³-hybridized carbons (Fsp3) is 0.0179. The van der Waals surface area contributed by atoms with Gasteiger partial charge in [-0.05, 0) is 237 Å². The topological polar surface area (TPSA) is 51.6 Å². The molecule has 4 aliphatic rings. The van der Waals surface area contributed by atoms with Gasteiger partial charge in [-0.2, -0.15) is 0 Å². The van der Waals surface area contributed by atoms with Crippen molar-refractivity contribution in [1.82, 2.24) is 19.9 Å². The number of nitrogens with zero attached hydrogens (tertiary/aromatic N) is 4. The molecule has 19 aromatic carbocycles. The van der Waals surface area contributed by atoms with E-state index < -0.39 is 10.8 Å². The van der Waals surface area contributed by atoms with Crippen molar-refractivity contribution in [3.05, 3.63) is 445 Å². The largest absolute Gasteiger partial charge is 0.228 e. The van der Waals surface area contributed by atoms with Gasteiger partial charge in [0.25, 0.3) is 0 Å². The minimum absolute atomic E-state index is 0.571. The summed E-state index contributed by atoms with van der Waals surface area (Å²) < 4.78 is 0. The zero-order valence-electron chi connectivity index (χ0n) is 62.9. The molecule has 0 saturated heterocycles. The second-order valence-corrected chi connectivity index (χ2v) is 31.7. The van der Waals surface area contributed by atoms with Crippen molar-refractivity contribution in [2.45, 2.75) is 10.8 Å². The van der Waals surface area contributed by atoms with Gasteiger partial charge in [-0.1, -0.05) is 340 Å². The van der Waals surface area contributed by atoms with Gasteiger partial charge in [-0.15, -0.1) is 0 Å². The Morgan fingerprint density at radius 3 is 0.991 bits per heavy atom. The van der Waals surface area contributed by atoms with Crippen molar-refractivity contribution in [2.24, 2.45) is 0 Å². The lowest BCUT2D eigenvalue weighted by atomic mass is 9.69. The molecule has 0 N–H and O–H groups in total. The maximum absolute atomic E-state index is 5.63. The summed E-state index contributed by atoms with van der Waals surface area (Å²) >= 11 is 0. The highest BCUT2D eigenvalue weighted by molar-refractivity contribution is 6.23. The van der Waals surface area contributed by atoms with Crippen LogP contribution < -0.4 is 0 Å². The molecule has 0 aliphatic heterocycles. The Labute approximate surface area is 670 Å².